The van der Waals surface area contributed by atoms with Crippen molar-refractivity contribution in [2.24, 2.45) is 0 Å². The Morgan fingerprint density at radius 2 is 2.05 bits per heavy atom. The molecule has 0 fully saturated rings. The molecule has 0 unspecified atom stereocenters. The topological polar surface area (TPSA) is 54.9 Å². The average Bonchev–Trinajstić information content (AvgIpc) is 3.10. The third kappa shape index (κ3) is 3.23. The summed E-state index contributed by atoms with van der Waals surface area (Å²) in [6.45, 7) is 3.93. The van der Waals surface area contributed by atoms with Crippen molar-refractivity contribution < 1.29 is 4.79 Å². The number of carbonyl (C=O) groups excluding carboxylic acids is 1. The van der Waals surface area contributed by atoms with Gasteiger partial charge in [0.25, 0.3) is 5.91 Å². The maximum atomic E-state index is 12.1. The molecule has 0 spiro atoms. The van der Waals surface area contributed by atoms with Crippen LogP contribution < -0.4 is 5.32 Å². The fourth-order valence-electron chi connectivity index (χ4n) is 2.12. The molecule has 0 saturated heterocycles. The summed E-state index contributed by atoms with van der Waals surface area (Å²) >= 11 is 2.85. The first-order valence-electron chi connectivity index (χ1n) is 6.84. The van der Waals surface area contributed by atoms with E-state index in [0.717, 1.165) is 17.0 Å². The minimum atomic E-state index is -0.142. The second kappa shape index (κ2) is 6.37. The molecule has 0 saturated carbocycles. The highest BCUT2D eigenvalue weighted by atomic mass is 32.1. The lowest BCUT2D eigenvalue weighted by atomic mass is 10.1. The summed E-state index contributed by atoms with van der Waals surface area (Å²) in [6.07, 6.45) is 2.66. The zero-order valence-corrected chi connectivity index (χ0v) is 13.9. The maximum Gasteiger partial charge on any atom is 0.269 e. The van der Waals surface area contributed by atoms with Gasteiger partial charge in [-0.2, -0.15) is 0 Å². The standard InChI is InChI=1S/C16H15N3OS2/c1-10-5-3-4-6-12(10)7-13-8-17-16(22-13)19-15(20)14-11(2)18-9-21-14/h3-6,8-9H,7H2,1-2H3,(H,17,19,20). The van der Waals surface area contributed by atoms with Gasteiger partial charge in [0.15, 0.2) is 5.13 Å². The predicted octanol–water partition coefficient (Wildman–Crippen LogP) is 4.06. The quantitative estimate of drug-likeness (QED) is 0.785. The van der Waals surface area contributed by atoms with Crippen LogP contribution in [0.1, 0.15) is 31.4 Å². The molecule has 3 aromatic rings. The van der Waals surface area contributed by atoms with Gasteiger partial charge in [-0.15, -0.1) is 22.7 Å². The van der Waals surface area contributed by atoms with Crippen molar-refractivity contribution in [3.63, 3.8) is 0 Å². The lowest BCUT2D eigenvalue weighted by Crippen LogP contribution is -2.11. The van der Waals surface area contributed by atoms with E-state index < -0.39 is 0 Å². The van der Waals surface area contributed by atoms with E-state index in [1.165, 1.54) is 33.8 Å². The number of hydrogen-bond acceptors (Lipinski definition) is 5. The Labute approximate surface area is 136 Å². The van der Waals surface area contributed by atoms with E-state index in [9.17, 15) is 4.79 Å². The molecule has 1 amide bonds. The van der Waals surface area contributed by atoms with Crippen molar-refractivity contribution in [1.82, 2.24) is 9.97 Å². The highest BCUT2D eigenvalue weighted by molar-refractivity contribution is 7.16. The average molecular weight is 329 g/mol. The minimum absolute atomic E-state index is 0.142. The summed E-state index contributed by atoms with van der Waals surface area (Å²) in [5.41, 5.74) is 4.97. The van der Waals surface area contributed by atoms with E-state index in [1.807, 2.05) is 25.3 Å². The normalized spacial score (nSPS) is 10.6. The van der Waals surface area contributed by atoms with Crippen LogP contribution in [0.25, 0.3) is 0 Å². The largest absolute Gasteiger partial charge is 0.297 e. The number of nitrogens with one attached hydrogen (secondary N) is 1. The van der Waals surface area contributed by atoms with Gasteiger partial charge in [-0.3, -0.25) is 10.1 Å². The van der Waals surface area contributed by atoms with Gasteiger partial charge >= 0.3 is 0 Å². The number of benzene rings is 1. The first-order chi connectivity index (χ1) is 10.6. The Hall–Kier alpha value is -2.05. The molecule has 0 aliphatic heterocycles. The lowest BCUT2D eigenvalue weighted by molar-refractivity contribution is 0.103. The number of nitrogens with zero attached hydrogens (tertiary/aromatic N) is 2. The van der Waals surface area contributed by atoms with Crippen LogP contribution in [0.3, 0.4) is 0 Å². The molecule has 1 N–H and O–H groups in total. The summed E-state index contributed by atoms with van der Waals surface area (Å²) in [5.74, 6) is -0.142. The smallest absolute Gasteiger partial charge is 0.269 e. The summed E-state index contributed by atoms with van der Waals surface area (Å²) < 4.78 is 0. The Balaban J connectivity index is 1.70. The number of aromatic nitrogens is 2. The van der Waals surface area contributed by atoms with Crippen LogP contribution in [-0.2, 0) is 6.42 Å². The molecule has 0 atom stereocenters. The van der Waals surface area contributed by atoms with Gasteiger partial charge in [0.1, 0.15) is 4.88 Å². The van der Waals surface area contributed by atoms with E-state index in [-0.39, 0.29) is 5.91 Å². The lowest BCUT2D eigenvalue weighted by Gasteiger charge is -2.02. The third-order valence-electron chi connectivity index (χ3n) is 3.35. The van der Waals surface area contributed by atoms with E-state index in [1.54, 1.807) is 5.51 Å². The highest BCUT2D eigenvalue weighted by Gasteiger charge is 2.14. The van der Waals surface area contributed by atoms with Gasteiger partial charge in [0.2, 0.25) is 0 Å². The van der Waals surface area contributed by atoms with E-state index in [2.05, 4.69) is 34.3 Å². The maximum absolute atomic E-state index is 12.1. The molecule has 2 aromatic heterocycles. The Kier molecular flexibility index (Phi) is 4.31. The van der Waals surface area contributed by atoms with Gasteiger partial charge in [0.05, 0.1) is 11.2 Å². The number of aryl methyl sites for hydroxylation is 2. The molecule has 0 aliphatic rings. The van der Waals surface area contributed by atoms with Crippen LogP contribution in [-0.4, -0.2) is 15.9 Å². The van der Waals surface area contributed by atoms with Crippen molar-refractivity contribution >= 4 is 33.7 Å². The number of carbonyl (C=O) groups is 1. The van der Waals surface area contributed by atoms with Gasteiger partial charge in [-0.1, -0.05) is 24.3 Å². The summed E-state index contributed by atoms with van der Waals surface area (Å²) in [5, 5.41) is 3.47. The van der Waals surface area contributed by atoms with Crippen molar-refractivity contribution in [3.05, 3.63) is 62.5 Å². The molecule has 22 heavy (non-hydrogen) atoms. The van der Waals surface area contributed by atoms with E-state index in [4.69, 9.17) is 0 Å². The fourth-order valence-corrected chi connectivity index (χ4v) is 3.65. The zero-order valence-electron chi connectivity index (χ0n) is 12.3. The van der Waals surface area contributed by atoms with Gasteiger partial charge in [0, 0.05) is 17.5 Å². The van der Waals surface area contributed by atoms with Gasteiger partial charge < -0.3 is 0 Å². The van der Waals surface area contributed by atoms with Crippen LogP contribution in [0.15, 0.2) is 36.0 Å². The molecule has 6 heteroatoms. The van der Waals surface area contributed by atoms with Gasteiger partial charge in [-0.05, 0) is 25.0 Å². The molecule has 1 aromatic carbocycles. The van der Waals surface area contributed by atoms with Crippen LogP contribution in [0.5, 0.6) is 0 Å². The van der Waals surface area contributed by atoms with Crippen LogP contribution in [0.2, 0.25) is 0 Å². The number of hydrogen-bond donors (Lipinski definition) is 1. The summed E-state index contributed by atoms with van der Waals surface area (Å²) in [7, 11) is 0. The summed E-state index contributed by atoms with van der Waals surface area (Å²) in [4.78, 5) is 22.3. The van der Waals surface area contributed by atoms with Crippen molar-refractivity contribution in [2.75, 3.05) is 5.32 Å². The summed E-state index contributed by atoms with van der Waals surface area (Å²) in [6, 6.07) is 8.30. The molecule has 0 bridgehead atoms. The second-order valence-electron chi connectivity index (χ2n) is 4.96. The molecular weight excluding hydrogens is 314 g/mol. The predicted molar refractivity (Wildman–Crippen MR) is 90.9 cm³/mol. The van der Waals surface area contributed by atoms with Gasteiger partial charge in [-0.25, -0.2) is 9.97 Å². The Bertz CT molecular complexity index is 807. The number of rotatable bonds is 4. The molecule has 4 nitrogen and oxygen atoms in total. The minimum Gasteiger partial charge on any atom is -0.297 e. The fraction of sp³-hybridized carbons (Fsp3) is 0.188. The van der Waals surface area contributed by atoms with E-state index in [0.29, 0.717) is 10.0 Å². The first kappa shape index (κ1) is 14.9. The number of amides is 1. The van der Waals surface area contributed by atoms with Crippen molar-refractivity contribution in [3.8, 4) is 0 Å². The molecule has 2 heterocycles. The number of anilines is 1. The third-order valence-corrected chi connectivity index (χ3v) is 5.19. The molecule has 0 radical (unpaired) electrons. The highest BCUT2D eigenvalue weighted by Crippen LogP contribution is 2.23. The molecule has 0 aliphatic carbocycles. The molecular formula is C16H15N3OS2. The Morgan fingerprint density at radius 3 is 2.77 bits per heavy atom. The zero-order chi connectivity index (χ0) is 15.5. The van der Waals surface area contributed by atoms with Crippen molar-refractivity contribution in [2.45, 2.75) is 20.3 Å². The monoisotopic (exact) mass is 329 g/mol. The SMILES string of the molecule is Cc1ccccc1Cc1cnc(NC(=O)c2scnc2C)s1. The van der Waals surface area contributed by atoms with Crippen LogP contribution in [0, 0.1) is 13.8 Å². The Morgan fingerprint density at radius 1 is 1.23 bits per heavy atom. The van der Waals surface area contributed by atoms with Crippen molar-refractivity contribution in [1.29, 1.82) is 0 Å². The van der Waals surface area contributed by atoms with E-state index >= 15 is 0 Å². The first-order valence-corrected chi connectivity index (χ1v) is 8.54. The number of thiazole rings is 2. The molecule has 112 valence electrons. The molecule has 3 rings (SSSR count). The van der Waals surface area contributed by atoms with Crippen LogP contribution >= 0.6 is 22.7 Å². The second-order valence-corrected chi connectivity index (χ2v) is 6.93. The van der Waals surface area contributed by atoms with Crippen LogP contribution in [0.4, 0.5) is 5.13 Å².